The van der Waals surface area contributed by atoms with Crippen LogP contribution in [0.1, 0.15) is 11.1 Å². The average molecular weight is 350 g/mol. The number of fused-ring (bicyclic) bond motifs is 1. The molecule has 1 N–H and O–H groups in total. The van der Waals surface area contributed by atoms with E-state index in [1.165, 1.54) is 4.57 Å². The normalized spacial score (nSPS) is 11.2. The Morgan fingerprint density at radius 2 is 1.58 bits per heavy atom. The Hall–Kier alpha value is -3.21. The zero-order chi connectivity index (χ0) is 18.4. The molecule has 0 aliphatic rings. The molecule has 0 bridgehead atoms. The van der Waals surface area contributed by atoms with Gasteiger partial charge in [0.2, 0.25) is 0 Å². The first-order chi connectivity index (χ1) is 12.4. The fraction of sp³-hybridized carbons (Fsp3) is 0.0952. The lowest BCUT2D eigenvalue weighted by Gasteiger charge is -2.10. The molecule has 0 spiro atoms. The summed E-state index contributed by atoms with van der Waals surface area (Å²) in [7, 11) is 0. The summed E-state index contributed by atoms with van der Waals surface area (Å²) in [6.45, 7) is 3.76. The SMILES string of the molecule is Cc1ccc2c(=O)c(C)c(-c3ccc(-n4cc(F)c(F)c4)cc3)[nH]c2c1. The largest absolute Gasteiger partial charge is 0.354 e. The van der Waals surface area contributed by atoms with E-state index in [0.29, 0.717) is 16.6 Å². The second-order valence-corrected chi connectivity index (χ2v) is 6.41. The number of aromatic nitrogens is 2. The number of halogens is 2. The van der Waals surface area contributed by atoms with E-state index in [0.717, 1.165) is 34.7 Å². The quantitative estimate of drug-likeness (QED) is 0.550. The first kappa shape index (κ1) is 16.3. The minimum absolute atomic E-state index is 0.00706. The molecule has 0 fully saturated rings. The number of aryl methyl sites for hydroxylation is 1. The average Bonchev–Trinajstić information content (AvgIpc) is 2.97. The number of benzene rings is 2. The molecule has 2 aromatic carbocycles. The fourth-order valence-corrected chi connectivity index (χ4v) is 3.15. The molecular formula is C21H16F2N2O. The minimum Gasteiger partial charge on any atom is -0.354 e. The summed E-state index contributed by atoms with van der Waals surface area (Å²) in [5, 5.41) is 0.659. The number of nitrogens with zero attached hydrogens (tertiary/aromatic N) is 1. The number of pyridine rings is 1. The molecule has 0 amide bonds. The van der Waals surface area contributed by atoms with Crippen LogP contribution in [0.3, 0.4) is 0 Å². The van der Waals surface area contributed by atoms with Gasteiger partial charge in [0.1, 0.15) is 0 Å². The summed E-state index contributed by atoms with van der Waals surface area (Å²) >= 11 is 0. The van der Waals surface area contributed by atoms with Gasteiger partial charge in [0.15, 0.2) is 17.1 Å². The predicted octanol–water partition coefficient (Wildman–Crippen LogP) is 4.88. The first-order valence-corrected chi connectivity index (χ1v) is 8.21. The van der Waals surface area contributed by atoms with Crippen molar-refractivity contribution in [3.8, 4) is 16.9 Å². The molecular weight excluding hydrogens is 334 g/mol. The monoisotopic (exact) mass is 350 g/mol. The van der Waals surface area contributed by atoms with Crippen LogP contribution in [0, 0.1) is 25.5 Å². The maximum Gasteiger partial charge on any atom is 0.192 e. The van der Waals surface area contributed by atoms with Gasteiger partial charge in [-0.15, -0.1) is 0 Å². The lowest BCUT2D eigenvalue weighted by molar-refractivity contribution is 0.516. The summed E-state index contributed by atoms with van der Waals surface area (Å²) in [5.41, 5.74) is 4.68. The molecule has 4 rings (SSSR count). The van der Waals surface area contributed by atoms with Crippen LogP contribution in [0.5, 0.6) is 0 Å². The van der Waals surface area contributed by atoms with Crippen molar-refractivity contribution in [1.82, 2.24) is 9.55 Å². The number of hydrogen-bond acceptors (Lipinski definition) is 1. The molecule has 0 radical (unpaired) electrons. The molecule has 3 nitrogen and oxygen atoms in total. The first-order valence-electron chi connectivity index (χ1n) is 8.21. The lowest BCUT2D eigenvalue weighted by atomic mass is 10.0. The van der Waals surface area contributed by atoms with Gasteiger partial charge in [-0.05, 0) is 49.2 Å². The summed E-state index contributed by atoms with van der Waals surface area (Å²) in [6.07, 6.45) is 2.19. The van der Waals surface area contributed by atoms with Gasteiger partial charge in [0, 0.05) is 34.5 Å². The van der Waals surface area contributed by atoms with Gasteiger partial charge >= 0.3 is 0 Å². The zero-order valence-electron chi connectivity index (χ0n) is 14.3. The van der Waals surface area contributed by atoms with Crippen molar-refractivity contribution in [3.05, 3.63) is 87.8 Å². The smallest absolute Gasteiger partial charge is 0.192 e. The van der Waals surface area contributed by atoms with E-state index in [-0.39, 0.29) is 5.43 Å². The molecule has 5 heteroatoms. The van der Waals surface area contributed by atoms with E-state index in [4.69, 9.17) is 0 Å². The van der Waals surface area contributed by atoms with Crippen LogP contribution in [-0.2, 0) is 0 Å². The molecule has 0 aliphatic carbocycles. The molecule has 130 valence electrons. The van der Waals surface area contributed by atoms with Gasteiger partial charge in [-0.25, -0.2) is 8.78 Å². The van der Waals surface area contributed by atoms with E-state index in [2.05, 4.69) is 4.98 Å². The van der Waals surface area contributed by atoms with Gasteiger partial charge in [-0.3, -0.25) is 4.79 Å². The third kappa shape index (κ3) is 2.62. The van der Waals surface area contributed by atoms with Crippen molar-refractivity contribution in [3.63, 3.8) is 0 Å². The molecule has 0 aliphatic heterocycles. The van der Waals surface area contributed by atoms with E-state index in [1.54, 1.807) is 19.1 Å². The highest BCUT2D eigenvalue weighted by Gasteiger charge is 2.11. The number of rotatable bonds is 2. The van der Waals surface area contributed by atoms with Crippen molar-refractivity contribution < 1.29 is 8.78 Å². The second kappa shape index (κ2) is 5.95. The molecule has 0 unspecified atom stereocenters. The van der Waals surface area contributed by atoms with Crippen LogP contribution in [0.2, 0.25) is 0 Å². The molecule has 0 saturated heterocycles. The molecule has 2 aromatic heterocycles. The number of H-pyrrole nitrogens is 1. The van der Waals surface area contributed by atoms with Crippen LogP contribution < -0.4 is 5.43 Å². The van der Waals surface area contributed by atoms with Crippen LogP contribution >= 0.6 is 0 Å². The van der Waals surface area contributed by atoms with E-state index >= 15 is 0 Å². The summed E-state index contributed by atoms with van der Waals surface area (Å²) < 4.78 is 27.8. The van der Waals surface area contributed by atoms with Gasteiger partial charge in [-0.2, -0.15) is 0 Å². The number of nitrogens with one attached hydrogen (secondary N) is 1. The summed E-state index contributed by atoms with van der Waals surface area (Å²) in [4.78, 5) is 16.0. The maximum absolute atomic E-state index is 13.2. The van der Waals surface area contributed by atoms with Gasteiger partial charge in [0.05, 0.1) is 5.69 Å². The van der Waals surface area contributed by atoms with Crippen molar-refractivity contribution in [2.24, 2.45) is 0 Å². The molecule has 2 heterocycles. The minimum atomic E-state index is -0.890. The highest BCUT2D eigenvalue weighted by atomic mass is 19.2. The van der Waals surface area contributed by atoms with E-state index < -0.39 is 11.6 Å². The van der Waals surface area contributed by atoms with E-state index in [9.17, 15) is 13.6 Å². The van der Waals surface area contributed by atoms with Gasteiger partial charge in [0.25, 0.3) is 0 Å². The van der Waals surface area contributed by atoms with E-state index in [1.807, 2.05) is 37.3 Å². The Morgan fingerprint density at radius 3 is 2.23 bits per heavy atom. The summed E-state index contributed by atoms with van der Waals surface area (Å²) in [5.74, 6) is -1.78. The highest BCUT2D eigenvalue weighted by Crippen LogP contribution is 2.24. The third-order valence-electron chi connectivity index (χ3n) is 4.58. The Balaban J connectivity index is 1.82. The van der Waals surface area contributed by atoms with Crippen LogP contribution in [0.15, 0.2) is 59.7 Å². The van der Waals surface area contributed by atoms with Crippen molar-refractivity contribution >= 4 is 10.9 Å². The zero-order valence-corrected chi connectivity index (χ0v) is 14.3. The second-order valence-electron chi connectivity index (χ2n) is 6.41. The Bertz CT molecular complexity index is 1170. The molecule has 4 aromatic rings. The third-order valence-corrected chi connectivity index (χ3v) is 4.58. The molecule has 0 atom stereocenters. The van der Waals surface area contributed by atoms with Crippen LogP contribution in [-0.4, -0.2) is 9.55 Å². The van der Waals surface area contributed by atoms with Crippen molar-refractivity contribution in [2.75, 3.05) is 0 Å². The maximum atomic E-state index is 13.2. The van der Waals surface area contributed by atoms with Crippen LogP contribution in [0.25, 0.3) is 27.8 Å². The Kier molecular flexibility index (Phi) is 3.72. The lowest BCUT2D eigenvalue weighted by Crippen LogP contribution is -2.09. The number of hydrogen-bond donors (Lipinski definition) is 1. The van der Waals surface area contributed by atoms with Crippen molar-refractivity contribution in [2.45, 2.75) is 13.8 Å². The van der Waals surface area contributed by atoms with Crippen molar-refractivity contribution in [1.29, 1.82) is 0 Å². The van der Waals surface area contributed by atoms with Gasteiger partial charge < -0.3 is 9.55 Å². The predicted molar refractivity (Wildman–Crippen MR) is 98.7 cm³/mol. The molecule has 26 heavy (non-hydrogen) atoms. The topological polar surface area (TPSA) is 37.8 Å². The standard InChI is InChI=1S/C21H16F2N2O/c1-12-3-8-16-19(9-12)24-20(13(2)21(16)26)14-4-6-15(7-5-14)25-10-17(22)18(23)11-25/h3-11H,1-2H3,(H,24,26). The Labute approximate surface area is 148 Å². The fourth-order valence-electron chi connectivity index (χ4n) is 3.15. The molecule has 0 saturated carbocycles. The van der Waals surface area contributed by atoms with Gasteiger partial charge in [-0.1, -0.05) is 18.2 Å². The summed E-state index contributed by atoms with van der Waals surface area (Å²) in [6, 6.07) is 12.9. The highest BCUT2D eigenvalue weighted by molar-refractivity contribution is 5.83. The number of aromatic amines is 1. The Morgan fingerprint density at radius 1 is 0.923 bits per heavy atom. The van der Waals surface area contributed by atoms with Crippen LogP contribution in [0.4, 0.5) is 8.78 Å².